The Morgan fingerprint density at radius 3 is 2.12 bits per heavy atom. The van der Waals surface area contributed by atoms with E-state index in [9.17, 15) is 4.79 Å². The normalized spacial score (nSPS) is 11.5. The van der Waals surface area contributed by atoms with E-state index < -0.39 is 0 Å². The molecule has 0 radical (unpaired) electrons. The molecule has 3 heteroatoms. The third kappa shape index (κ3) is 5.50. The van der Waals surface area contributed by atoms with Gasteiger partial charge in [0, 0.05) is 13.0 Å². The molecule has 96 valence electrons. The number of rotatable bonds is 9. The van der Waals surface area contributed by atoms with Crippen LogP contribution in [0.4, 0.5) is 0 Å². The van der Waals surface area contributed by atoms with Gasteiger partial charge in [0.15, 0.2) is 0 Å². The Morgan fingerprint density at radius 1 is 1.12 bits per heavy atom. The van der Waals surface area contributed by atoms with Crippen molar-refractivity contribution in [2.75, 3.05) is 20.1 Å². The second-order valence-electron chi connectivity index (χ2n) is 4.54. The highest BCUT2D eigenvalue weighted by Gasteiger charge is 2.24. The molecule has 0 aliphatic carbocycles. The molecule has 0 saturated heterocycles. The van der Waals surface area contributed by atoms with Gasteiger partial charge in [-0.3, -0.25) is 4.79 Å². The molecule has 2 N–H and O–H groups in total. The van der Waals surface area contributed by atoms with Crippen LogP contribution in [0.2, 0.25) is 0 Å². The van der Waals surface area contributed by atoms with Crippen LogP contribution >= 0.6 is 0 Å². The number of carbonyl (C=O) groups is 1. The van der Waals surface area contributed by atoms with Crippen molar-refractivity contribution in [2.24, 2.45) is 5.41 Å². The maximum Gasteiger partial charge on any atom is 0.220 e. The molecule has 0 spiro atoms. The van der Waals surface area contributed by atoms with E-state index in [0.717, 1.165) is 38.8 Å². The minimum Gasteiger partial charge on any atom is -0.356 e. The molecule has 0 aromatic heterocycles. The molecule has 0 aromatic rings. The summed E-state index contributed by atoms with van der Waals surface area (Å²) < 4.78 is 0. The van der Waals surface area contributed by atoms with Crippen molar-refractivity contribution in [3.63, 3.8) is 0 Å². The van der Waals surface area contributed by atoms with Crippen LogP contribution in [0.25, 0.3) is 0 Å². The zero-order valence-corrected chi connectivity index (χ0v) is 11.4. The van der Waals surface area contributed by atoms with Gasteiger partial charge < -0.3 is 10.6 Å². The summed E-state index contributed by atoms with van der Waals surface area (Å²) in [4.78, 5) is 11.6. The Bertz CT molecular complexity index is 180. The number of hydrogen-bond acceptors (Lipinski definition) is 2. The lowest BCUT2D eigenvalue weighted by molar-refractivity contribution is -0.121. The van der Waals surface area contributed by atoms with E-state index in [2.05, 4.69) is 31.4 Å². The van der Waals surface area contributed by atoms with E-state index >= 15 is 0 Å². The van der Waals surface area contributed by atoms with Gasteiger partial charge in [0.2, 0.25) is 5.91 Å². The minimum absolute atomic E-state index is 0.190. The molecular formula is C13H28N2O. The van der Waals surface area contributed by atoms with E-state index in [4.69, 9.17) is 0 Å². The fraction of sp³-hybridized carbons (Fsp3) is 0.923. The third-order valence-electron chi connectivity index (χ3n) is 3.74. The van der Waals surface area contributed by atoms with Crippen molar-refractivity contribution in [2.45, 2.75) is 52.9 Å². The average Bonchev–Trinajstić information content (AvgIpc) is 2.32. The number of amides is 1. The summed E-state index contributed by atoms with van der Waals surface area (Å²) in [5.74, 6) is 0.190. The molecule has 0 unspecified atom stereocenters. The van der Waals surface area contributed by atoms with Gasteiger partial charge in [-0.25, -0.2) is 0 Å². The van der Waals surface area contributed by atoms with E-state index in [0.29, 0.717) is 11.8 Å². The molecule has 0 saturated carbocycles. The summed E-state index contributed by atoms with van der Waals surface area (Å²) in [5.41, 5.74) is 0.304. The van der Waals surface area contributed by atoms with E-state index in [1.165, 1.54) is 0 Å². The summed E-state index contributed by atoms with van der Waals surface area (Å²) >= 11 is 0. The average molecular weight is 228 g/mol. The largest absolute Gasteiger partial charge is 0.356 e. The molecule has 0 rings (SSSR count). The summed E-state index contributed by atoms with van der Waals surface area (Å²) in [7, 11) is 1.91. The van der Waals surface area contributed by atoms with Gasteiger partial charge in [-0.2, -0.15) is 0 Å². The highest BCUT2D eigenvalue weighted by atomic mass is 16.1. The molecule has 16 heavy (non-hydrogen) atoms. The molecule has 0 aliphatic heterocycles. The van der Waals surface area contributed by atoms with Crippen LogP contribution in [0.3, 0.4) is 0 Å². The molecule has 1 amide bonds. The SMILES string of the molecule is CCC(CC)(CC)CNC(=O)CCCNC. The first kappa shape index (κ1) is 15.4. The third-order valence-corrected chi connectivity index (χ3v) is 3.74. The Balaban J connectivity index is 3.87. The molecule has 3 nitrogen and oxygen atoms in total. The predicted octanol–water partition coefficient (Wildman–Crippen LogP) is 2.32. The molecule has 0 fully saturated rings. The first-order valence-corrected chi connectivity index (χ1v) is 6.55. The Morgan fingerprint density at radius 2 is 1.69 bits per heavy atom. The molecular weight excluding hydrogens is 200 g/mol. The van der Waals surface area contributed by atoms with Gasteiger partial charge in [-0.1, -0.05) is 20.8 Å². The van der Waals surface area contributed by atoms with Crippen molar-refractivity contribution >= 4 is 5.91 Å². The highest BCUT2D eigenvalue weighted by Crippen LogP contribution is 2.29. The quantitative estimate of drug-likeness (QED) is 0.595. The van der Waals surface area contributed by atoms with Gasteiger partial charge in [0.05, 0.1) is 0 Å². The van der Waals surface area contributed by atoms with Crippen molar-refractivity contribution in [3.8, 4) is 0 Å². The number of carbonyl (C=O) groups excluding carboxylic acids is 1. The van der Waals surface area contributed by atoms with Gasteiger partial charge in [0.1, 0.15) is 0 Å². The van der Waals surface area contributed by atoms with Crippen molar-refractivity contribution in [1.82, 2.24) is 10.6 Å². The maximum atomic E-state index is 11.6. The van der Waals surface area contributed by atoms with Crippen molar-refractivity contribution < 1.29 is 4.79 Å². The van der Waals surface area contributed by atoms with Crippen LogP contribution < -0.4 is 10.6 Å². The standard InChI is InChI=1S/C13H28N2O/c1-5-13(6-2,7-3)11-15-12(16)9-8-10-14-4/h14H,5-11H2,1-4H3,(H,15,16). The fourth-order valence-electron chi connectivity index (χ4n) is 1.93. The maximum absolute atomic E-state index is 11.6. The molecule has 0 bridgehead atoms. The predicted molar refractivity (Wildman–Crippen MR) is 69.5 cm³/mol. The summed E-state index contributed by atoms with van der Waals surface area (Å²) in [6.45, 7) is 8.36. The van der Waals surface area contributed by atoms with Crippen LogP contribution in [-0.2, 0) is 4.79 Å². The number of hydrogen-bond donors (Lipinski definition) is 2. The number of nitrogens with one attached hydrogen (secondary N) is 2. The summed E-state index contributed by atoms with van der Waals surface area (Å²) in [6, 6.07) is 0. The first-order valence-electron chi connectivity index (χ1n) is 6.55. The zero-order valence-electron chi connectivity index (χ0n) is 11.4. The second kappa shape index (κ2) is 8.57. The first-order chi connectivity index (χ1) is 7.64. The van der Waals surface area contributed by atoms with Crippen LogP contribution in [0, 0.1) is 5.41 Å². The fourth-order valence-corrected chi connectivity index (χ4v) is 1.93. The Kier molecular flexibility index (Phi) is 8.26. The van der Waals surface area contributed by atoms with Gasteiger partial charge >= 0.3 is 0 Å². The zero-order chi connectivity index (χ0) is 12.4. The summed E-state index contributed by atoms with van der Waals surface area (Å²) in [5, 5.41) is 6.12. The van der Waals surface area contributed by atoms with E-state index in [1.807, 2.05) is 7.05 Å². The topological polar surface area (TPSA) is 41.1 Å². The van der Waals surface area contributed by atoms with Crippen molar-refractivity contribution in [3.05, 3.63) is 0 Å². The Labute approximate surface area is 100 Å². The molecule has 0 aliphatic rings. The van der Waals surface area contributed by atoms with Crippen LogP contribution in [-0.4, -0.2) is 26.0 Å². The lowest BCUT2D eigenvalue weighted by Crippen LogP contribution is -2.36. The lowest BCUT2D eigenvalue weighted by atomic mass is 9.80. The van der Waals surface area contributed by atoms with Crippen molar-refractivity contribution in [1.29, 1.82) is 0 Å². The Hall–Kier alpha value is -0.570. The van der Waals surface area contributed by atoms with Crippen LogP contribution in [0.15, 0.2) is 0 Å². The van der Waals surface area contributed by atoms with Gasteiger partial charge in [0.25, 0.3) is 0 Å². The monoisotopic (exact) mass is 228 g/mol. The molecule has 0 aromatic carbocycles. The van der Waals surface area contributed by atoms with E-state index in [-0.39, 0.29) is 5.91 Å². The van der Waals surface area contributed by atoms with Gasteiger partial charge in [-0.15, -0.1) is 0 Å². The molecule has 0 heterocycles. The smallest absolute Gasteiger partial charge is 0.220 e. The van der Waals surface area contributed by atoms with Crippen LogP contribution in [0.5, 0.6) is 0 Å². The lowest BCUT2D eigenvalue weighted by Gasteiger charge is -2.30. The van der Waals surface area contributed by atoms with Crippen LogP contribution in [0.1, 0.15) is 52.9 Å². The highest BCUT2D eigenvalue weighted by molar-refractivity contribution is 5.75. The van der Waals surface area contributed by atoms with E-state index in [1.54, 1.807) is 0 Å². The molecule has 0 atom stereocenters. The second-order valence-corrected chi connectivity index (χ2v) is 4.54. The minimum atomic E-state index is 0.190. The van der Waals surface area contributed by atoms with Gasteiger partial charge in [-0.05, 0) is 44.7 Å². The summed E-state index contributed by atoms with van der Waals surface area (Å²) in [6.07, 6.45) is 4.96.